The van der Waals surface area contributed by atoms with Gasteiger partial charge in [-0.15, -0.1) is 0 Å². The molecule has 0 amide bonds. The minimum atomic E-state index is -1.28. The highest BCUT2D eigenvalue weighted by Gasteiger charge is 2.38. The summed E-state index contributed by atoms with van der Waals surface area (Å²) in [5.74, 6) is -1.95. The highest BCUT2D eigenvalue weighted by Crippen LogP contribution is 2.38. The van der Waals surface area contributed by atoms with Crippen molar-refractivity contribution in [3.8, 4) is 11.5 Å². The van der Waals surface area contributed by atoms with Crippen molar-refractivity contribution in [3.05, 3.63) is 28.3 Å². The Morgan fingerprint density at radius 2 is 1.80 bits per heavy atom. The second-order valence-electron chi connectivity index (χ2n) is 6.17. The van der Waals surface area contributed by atoms with Gasteiger partial charge in [0.05, 0.1) is 17.7 Å². The minimum absolute atomic E-state index is 0.0913. The number of hydrogen-bond donors (Lipinski definition) is 0. The Morgan fingerprint density at radius 1 is 1.20 bits per heavy atom. The van der Waals surface area contributed by atoms with Gasteiger partial charge in [-0.1, -0.05) is 11.6 Å². The molecule has 0 aromatic heterocycles. The van der Waals surface area contributed by atoms with Gasteiger partial charge in [0, 0.05) is 13.8 Å². The Hall–Kier alpha value is -2.21. The first-order chi connectivity index (χ1) is 11.6. The second kappa shape index (κ2) is 7.35. The van der Waals surface area contributed by atoms with E-state index in [1.165, 1.54) is 19.9 Å². The van der Waals surface area contributed by atoms with Gasteiger partial charge < -0.3 is 18.9 Å². The molecule has 25 heavy (non-hydrogen) atoms. The van der Waals surface area contributed by atoms with E-state index in [2.05, 4.69) is 0 Å². The number of cyclic esters (lactones) is 2. The van der Waals surface area contributed by atoms with Gasteiger partial charge in [0.25, 0.3) is 5.79 Å². The zero-order valence-electron chi connectivity index (χ0n) is 14.8. The fraction of sp³-hybridized carbons (Fsp3) is 0.444. The average molecular weight is 369 g/mol. The molecule has 0 aliphatic carbocycles. The van der Waals surface area contributed by atoms with Crippen LogP contribution < -0.4 is 9.47 Å². The van der Waals surface area contributed by atoms with Crippen molar-refractivity contribution < 1.29 is 28.5 Å². The Bertz CT molecular complexity index is 699. The molecule has 0 bridgehead atoms. The fourth-order valence-electron chi connectivity index (χ4n) is 2.23. The van der Waals surface area contributed by atoms with Crippen molar-refractivity contribution in [2.75, 3.05) is 6.61 Å². The molecule has 1 aromatic carbocycles. The van der Waals surface area contributed by atoms with Crippen molar-refractivity contribution in [1.82, 2.24) is 0 Å². The normalized spacial score (nSPS) is 16.4. The first-order valence-electron chi connectivity index (χ1n) is 7.94. The first kappa shape index (κ1) is 19.1. The van der Waals surface area contributed by atoms with Crippen LogP contribution in [-0.4, -0.2) is 30.4 Å². The number of benzene rings is 1. The van der Waals surface area contributed by atoms with E-state index in [-0.39, 0.29) is 11.7 Å². The Kier molecular flexibility index (Phi) is 5.62. The van der Waals surface area contributed by atoms with Crippen LogP contribution in [0, 0.1) is 0 Å². The third-order valence-corrected chi connectivity index (χ3v) is 3.39. The molecule has 1 aromatic rings. The summed E-state index contributed by atoms with van der Waals surface area (Å²) in [4.78, 5) is 24.1. The molecular weight excluding hydrogens is 348 g/mol. The molecule has 1 saturated heterocycles. The number of halogens is 1. The smallest absolute Gasteiger partial charge is 0.348 e. The summed E-state index contributed by atoms with van der Waals surface area (Å²) in [6.07, 6.45) is 1.26. The summed E-state index contributed by atoms with van der Waals surface area (Å²) >= 11 is 6.28. The second-order valence-corrected chi connectivity index (χ2v) is 6.57. The van der Waals surface area contributed by atoms with Gasteiger partial charge in [-0.3, -0.25) is 0 Å². The number of carbonyl (C=O) groups excluding carboxylic acids is 2. The van der Waals surface area contributed by atoms with Crippen LogP contribution >= 0.6 is 11.6 Å². The van der Waals surface area contributed by atoms with E-state index >= 15 is 0 Å². The van der Waals surface area contributed by atoms with Crippen molar-refractivity contribution >= 4 is 29.6 Å². The predicted molar refractivity (Wildman–Crippen MR) is 92.6 cm³/mol. The molecule has 2 rings (SSSR count). The van der Waals surface area contributed by atoms with E-state index in [0.717, 1.165) is 0 Å². The number of esters is 2. The Balaban J connectivity index is 2.43. The Morgan fingerprint density at radius 3 is 2.32 bits per heavy atom. The Labute approximate surface area is 151 Å². The number of carbonyl (C=O) groups is 2. The van der Waals surface area contributed by atoms with Crippen LogP contribution in [0.1, 0.15) is 40.2 Å². The third kappa shape index (κ3) is 4.66. The maximum atomic E-state index is 12.1. The largest absolute Gasteiger partial charge is 0.490 e. The third-order valence-electron chi connectivity index (χ3n) is 3.11. The van der Waals surface area contributed by atoms with E-state index in [0.29, 0.717) is 28.7 Å². The standard InChI is InChI=1S/C18H21ClO6/c1-6-22-14-9-11(8-13(19)15(14)23-10(2)3)7-12-16(20)24-18(4,5)25-17(12)21/h7-10H,6H2,1-5H3. The van der Waals surface area contributed by atoms with Crippen molar-refractivity contribution in [1.29, 1.82) is 0 Å². The molecule has 0 saturated carbocycles. The molecule has 1 aliphatic rings. The maximum absolute atomic E-state index is 12.1. The summed E-state index contributed by atoms with van der Waals surface area (Å²) in [6.45, 7) is 8.96. The van der Waals surface area contributed by atoms with E-state index < -0.39 is 17.7 Å². The number of hydrogen-bond acceptors (Lipinski definition) is 6. The summed E-state index contributed by atoms with van der Waals surface area (Å²) in [5, 5.41) is 0.310. The van der Waals surface area contributed by atoms with E-state index in [9.17, 15) is 9.59 Å². The number of rotatable bonds is 5. The van der Waals surface area contributed by atoms with Crippen LogP contribution in [0.4, 0.5) is 0 Å². The molecular formula is C18H21ClO6. The lowest BCUT2D eigenvalue weighted by molar-refractivity contribution is -0.222. The topological polar surface area (TPSA) is 71.1 Å². The molecule has 0 unspecified atom stereocenters. The van der Waals surface area contributed by atoms with Crippen LogP contribution in [0.15, 0.2) is 17.7 Å². The van der Waals surface area contributed by atoms with Gasteiger partial charge in [0.1, 0.15) is 5.57 Å². The zero-order valence-corrected chi connectivity index (χ0v) is 15.6. The quantitative estimate of drug-likeness (QED) is 0.448. The summed E-state index contributed by atoms with van der Waals surface area (Å²) in [5.41, 5.74) is 0.281. The molecule has 1 heterocycles. The molecule has 1 aliphatic heterocycles. The van der Waals surface area contributed by atoms with Gasteiger partial charge >= 0.3 is 11.9 Å². The van der Waals surface area contributed by atoms with Gasteiger partial charge in [-0.25, -0.2) is 9.59 Å². The van der Waals surface area contributed by atoms with Gasteiger partial charge in [-0.2, -0.15) is 0 Å². The van der Waals surface area contributed by atoms with E-state index in [1.807, 2.05) is 20.8 Å². The van der Waals surface area contributed by atoms with Gasteiger partial charge in [0.2, 0.25) is 0 Å². The highest BCUT2D eigenvalue weighted by molar-refractivity contribution is 6.32. The van der Waals surface area contributed by atoms with Crippen LogP contribution in [-0.2, 0) is 19.1 Å². The molecule has 0 atom stereocenters. The average Bonchev–Trinajstić information content (AvgIpc) is 2.45. The monoisotopic (exact) mass is 368 g/mol. The summed E-state index contributed by atoms with van der Waals surface area (Å²) in [6, 6.07) is 3.22. The van der Waals surface area contributed by atoms with Crippen LogP contribution in [0.2, 0.25) is 5.02 Å². The molecule has 7 heteroatoms. The summed E-state index contributed by atoms with van der Waals surface area (Å²) < 4.78 is 21.4. The van der Waals surface area contributed by atoms with Gasteiger partial charge in [-0.05, 0) is 44.5 Å². The van der Waals surface area contributed by atoms with Crippen molar-refractivity contribution in [2.24, 2.45) is 0 Å². The lowest BCUT2D eigenvalue weighted by Gasteiger charge is -2.29. The van der Waals surface area contributed by atoms with E-state index in [1.54, 1.807) is 12.1 Å². The molecule has 6 nitrogen and oxygen atoms in total. The summed E-state index contributed by atoms with van der Waals surface area (Å²) in [7, 11) is 0. The highest BCUT2D eigenvalue weighted by atomic mass is 35.5. The maximum Gasteiger partial charge on any atom is 0.348 e. The van der Waals surface area contributed by atoms with Crippen molar-refractivity contribution in [3.63, 3.8) is 0 Å². The zero-order chi connectivity index (χ0) is 18.8. The molecule has 0 spiro atoms. The van der Waals surface area contributed by atoms with Gasteiger partial charge in [0.15, 0.2) is 11.5 Å². The molecule has 0 radical (unpaired) electrons. The molecule has 1 fully saturated rings. The molecule has 136 valence electrons. The lowest BCUT2D eigenvalue weighted by atomic mass is 10.1. The fourth-order valence-corrected chi connectivity index (χ4v) is 2.49. The van der Waals surface area contributed by atoms with E-state index in [4.69, 9.17) is 30.5 Å². The SMILES string of the molecule is CCOc1cc(C=C2C(=O)OC(C)(C)OC2=O)cc(Cl)c1OC(C)C. The van der Waals surface area contributed by atoms with Crippen molar-refractivity contribution in [2.45, 2.75) is 46.5 Å². The van der Waals surface area contributed by atoms with Crippen LogP contribution in [0.25, 0.3) is 6.08 Å². The van der Waals surface area contributed by atoms with Crippen LogP contribution in [0.3, 0.4) is 0 Å². The number of ether oxygens (including phenoxy) is 4. The first-order valence-corrected chi connectivity index (χ1v) is 8.32. The minimum Gasteiger partial charge on any atom is -0.490 e. The van der Waals surface area contributed by atoms with Crippen LogP contribution in [0.5, 0.6) is 11.5 Å². The lowest BCUT2D eigenvalue weighted by Crippen LogP contribution is -2.41. The predicted octanol–water partition coefficient (Wildman–Crippen LogP) is 3.75. The molecule has 0 N–H and O–H groups in total.